The minimum atomic E-state index is -3.40. The summed E-state index contributed by atoms with van der Waals surface area (Å²) in [7, 11) is -3.40. The van der Waals surface area contributed by atoms with Crippen molar-refractivity contribution in [2.24, 2.45) is 0 Å². The van der Waals surface area contributed by atoms with E-state index < -0.39 is 10.0 Å². The Morgan fingerprint density at radius 1 is 1.00 bits per heavy atom. The van der Waals surface area contributed by atoms with E-state index in [1.54, 1.807) is 29.2 Å². The van der Waals surface area contributed by atoms with Gasteiger partial charge >= 0.3 is 0 Å². The summed E-state index contributed by atoms with van der Waals surface area (Å²) in [5, 5.41) is 0. The molecule has 0 aliphatic carbocycles. The standard InChI is InChI=1S/C23H28N2O5S/c26-23(20-8-10-21(11-9-20)30-17-22-7-4-16-29-22)24-12-14-25(15-13-24)31(27,28)18-19-5-2-1-3-6-19/h1-3,5-6,8-11,22H,4,7,12-18H2/t22-/m1/s1. The van der Waals surface area contributed by atoms with Crippen molar-refractivity contribution in [3.05, 3.63) is 65.7 Å². The maximum atomic E-state index is 12.8. The van der Waals surface area contributed by atoms with E-state index in [1.807, 2.05) is 30.3 Å². The largest absolute Gasteiger partial charge is 0.491 e. The number of carbonyl (C=O) groups excluding carboxylic acids is 1. The molecule has 166 valence electrons. The molecule has 2 aromatic carbocycles. The zero-order chi connectivity index (χ0) is 21.7. The van der Waals surface area contributed by atoms with E-state index in [-0.39, 0.29) is 17.8 Å². The van der Waals surface area contributed by atoms with Crippen LogP contribution in [0.25, 0.3) is 0 Å². The minimum absolute atomic E-state index is 0.0187. The number of ether oxygens (including phenoxy) is 2. The Labute approximate surface area is 183 Å². The van der Waals surface area contributed by atoms with Crippen LogP contribution in [0.15, 0.2) is 54.6 Å². The van der Waals surface area contributed by atoms with Gasteiger partial charge in [0.25, 0.3) is 5.91 Å². The Kier molecular flexibility index (Phi) is 6.89. The number of hydrogen-bond donors (Lipinski definition) is 0. The van der Waals surface area contributed by atoms with Crippen LogP contribution in [0, 0.1) is 0 Å². The summed E-state index contributed by atoms with van der Waals surface area (Å²) < 4.78 is 38.2. The van der Waals surface area contributed by atoms with Crippen molar-refractivity contribution in [3.63, 3.8) is 0 Å². The maximum Gasteiger partial charge on any atom is 0.253 e. The molecule has 1 amide bonds. The third-order valence-electron chi connectivity index (χ3n) is 5.67. The van der Waals surface area contributed by atoms with Gasteiger partial charge in [-0.1, -0.05) is 30.3 Å². The minimum Gasteiger partial charge on any atom is -0.491 e. The first kappa shape index (κ1) is 21.8. The van der Waals surface area contributed by atoms with E-state index in [2.05, 4.69) is 0 Å². The van der Waals surface area contributed by atoms with Gasteiger partial charge in [0, 0.05) is 38.3 Å². The van der Waals surface area contributed by atoms with Crippen LogP contribution in [0.4, 0.5) is 0 Å². The van der Waals surface area contributed by atoms with Gasteiger partial charge in [0.2, 0.25) is 10.0 Å². The van der Waals surface area contributed by atoms with Gasteiger partial charge in [-0.2, -0.15) is 4.31 Å². The number of nitrogens with zero attached hydrogens (tertiary/aromatic N) is 2. The summed E-state index contributed by atoms with van der Waals surface area (Å²) in [6, 6.07) is 16.3. The molecule has 1 atom stereocenters. The first-order valence-electron chi connectivity index (χ1n) is 10.7. The molecule has 0 radical (unpaired) electrons. The van der Waals surface area contributed by atoms with Crippen LogP contribution in [-0.4, -0.2) is 69.0 Å². The van der Waals surface area contributed by atoms with Gasteiger partial charge in [0.1, 0.15) is 12.4 Å². The van der Waals surface area contributed by atoms with Crippen LogP contribution in [0.2, 0.25) is 0 Å². The molecule has 0 spiro atoms. The Bertz CT molecular complexity index is 965. The van der Waals surface area contributed by atoms with Gasteiger partial charge in [0.15, 0.2) is 0 Å². The lowest BCUT2D eigenvalue weighted by Gasteiger charge is -2.34. The van der Waals surface area contributed by atoms with E-state index in [0.717, 1.165) is 25.0 Å². The highest BCUT2D eigenvalue weighted by atomic mass is 32.2. The SMILES string of the molecule is O=C(c1ccc(OC[C@H]2CCCO2)cc1)N1CCN(S(=O)(=O)Cc2ccccc2)CC1. The number of rotatable bonds is 7. The number of carbonyl (C=O) groups is 1. The smallest absolute Gasteiger partial charge is 0.253 e. The summed E-state index contributed by atoms with van der Waals surface area (Å²) in [5.41, 5.74) is 1.34. The number of piperazine rings is 1. The summed E-state index contributed by atoms with van der Waals surface area (Å²) >= 11 is 0. The Hall–Kier alpha value is -2.42. The molecule has 0 saturated carbocycles. The lowest BCUT2D eigenvalue weighted by molar-refractivity contribution is 0.0676. The van der Waals surface area contributed by atoms with Gasteiger partial charge in [0.05, 0.1) is 11.9 Å². The van der Waals surface area contributed by atoms with Crippen LogP contribution in [0.3, 0.4) is 0 Å². The number of sulfonamides is 1. The van der Waals surface area contributed by atoms with E-state index in [4.69, 9.17) is 9.47 Å². The third-order valence-corrected chi connectivity index (χ3v) is 7.52. The van der Waals surface area contributed by atoms with Crippen molar-refractivity contribution in [2.75, 3.05) is 39.4 Å². The molecule has 2 aliphatic rings. The van der Waals surface area contributed by atoms with Gasteiger partial charge < -0.3 is 14.4 Å². The van der Waals surface area contributed by atoms with Crippen LogP contribution < -0.4 is 4.74 Å². The van der Waals surface area contributed by atoms with Crippen LogP contribution in [0.5, 0.6) is 5.75 Å². The fourth-order valence-electron chi connectivity index (χ4n) is 3.89. The first-order valence-corrected chi connectivity index (χ1v) is 12.3. The second kappa shape index (κ2) is 9.80. The second-order valence-corrected chi connectivity index (χ2v) is 9.87. The average molecular weight is 445 g/mol. The van der Waals surface area contributed by atoms with E-state index in [1.165, 1.54) is 4.31 Å². The quantitative estimate of drug-likeness (QED) is 0.656. The topological polar surface area (TPSA) is 76.2 Å². The monoisotopic (exact) mass is 444 g/mol. The summed E-state index contributed by atoms with van der Waals surface area (Å²) in [6.45, 7) is 2.69. The lowest BCUT2D eigenvalue weighted by Crippen LogP contribution is -2.50. The van der Waals surface area contributed by atoms with E-state index in [0.29, 0.717) is 44.1 Å². The first-order chi connectivity index (χ1) is 15.0. The van der Waals surface area contributed by atoms with Gasteiger partial charge in [-0.15, -0.1) is 0 Å². The molecular formula is C23H28N2O5S. The number of amides is 1. The molecule has 2 fully saturated rings. The molecule has 0 N–H and O–H groups in total. The van der Waals surface area contributed by atoms with Crippen LogP contribution in [0.1, 0.15) is 28.8 Å². The molecule has 0 aromatic heterocycles. The van der Waals surface area contributed by atoms with Crippen molar-refractivity contribution >= 4 is 15.9 Å². The Morgan fingerprint density at radius 3 is 2.35 bits per heavy atom. The molecule has 0 bridgehead atoms. The predicted octanol–water partition coefficient (Wildman–Crippen LogP) is 2.53. The fourth-order valence-corrected chi connectivity index (χ4v) is 5.40. The summed E-state index contributed by atoms with van der Waals surface area (Å²) in [5.74, 6) is 0.601. The molecular weight excluding hydrogens is 416 g/mol. The van der Waals surface area contributed by atoms with Crippen molar-refractivity contribution in [2.45, 2.75) is 24.7 Å². The number of hydrogen-bond acceptors (Lipinski definition) is 5. The van der Waals surface area contributed by atoms with Crippen molar-refractivity contribution in [1.29, 1.82) is 0 Å². The third kappa shape index (κ3) is 5.64. The highest BCUT2D eigenvalue weighted by molar-refractivity contribution is 7.88. The van der Waals surface area contributed by atoms with Gasteiger partial charge in [-0.05, 0) is 42.7 Å². The van der Waals surface area contributed by atoms with Gasteiger partial charge in [-0.3, -0.25) is 4.79 Å². The molecule has 7 nitrogen and oxygen atoms in total. The zero-order valence-electron chi connectivity index (χ0n) is 17.5. The highest BCUT2D eigenvalue weighted by Crippen LogP contribution is 2.19. The van der Waals surface area contributed by atoms with Crippen molar-refractivity contribution in [1.82, 2.24) is 9.21 Å². The van der Waals surface area contributed by atoms with Gasteiger partial charge in [-0.25, -0.2) is 8.42 Å². The molecule has 8 heteroatoms. The van der Waals surface area contributed by atoms with Crippen molar-refractivity contribution < 1.29 is 22.7 Å². The molecule has 2 aliphatic heterocycles. The molecule has 2 heterocycles. The average Bonchev–Trinajstić information content (AvgIpc) is 3.32. The predicted molar refractivity (Wildman–Crippen MR) is 117 cm³/mol. The van der Waals surface area contributed by atoms with E-state index in [9.17, 15) is 13.2 Å². The van der Waals surface area contributed by atoms with E-state index >= 15 is 0 Å². The van der Waals surface area contributed by atoms with Crippen LogP contribution >= 0.6 is 0 Å². The molecule has 4 rings (SSSR count). The van der Waals surface area contributed by atoms with Crippen molar-refractivity contribution in [3.8, 4) is 5.75 Å². The zero-order valence-corrected chi connectivity index (χ0v) is 18.3. The maximum absolute atomic E-state index is 12.8. The molecule has 2 saturated heterocycles. The number of benzene rings is 2. The summed E-state index contributed by atoms with van der Waals surface area (Å²) in [4.78, 5) is 14.5. The second-order valence-electron chi connectivity index (χ2n) is 7.90. The normalized spacial score (nSPS) is 20.0. The molecule has 0 unspecified atom stereocenters. The Morgan fingerprint density at radius 2 is 1.71 bits per heavy atom. The highest BCUT2D eigenvalue weighted by Gasteiger charge is 2.29. The molecule has 31 heavy (non-hydrogen) atoms. The van der Waals surface area contributed by atoms with Crippen LogP contribution in [-0.2, 0) is 20.5 Å². The fraction of sp³-hybridized carbons (Fsp3) is 0.435. The molecule has 2 aromatic rings. The Balaban J connectivity index is 1.28. The summed E-state index contributed by atoms with van der Waals surface area (Å²) in [6.07, 6.45) is 2.24. The lowest BCUT2D eigenvalue weighted by atomic mass is 10.2.